The van der Waals surface area contributed by atoms with Gasteiger partial charge >= 0.3 is 0 Å². The molecule has 1 aliphatic rings. The molecule has 0 aliphatic carbocycles. The number of nitrogens with zero attached hydrogens (tertiary/aromatic N) is 2. The van der Waals surface area contributed by atoms with Gasteiger partial charge in [-0.15, -0.1) is 0 Å². The minimum Gasteiger partial charge on any atom is -0.371 e. The molecule has 2 rings (SSSR count). The number of hydrogen-bond donors (Lipinski definition) is 1. The van der Waals surface area contributed by atoms with Crippen molar-refractivity contribution in [1.29, 1.82) is 0 Å². The fourth-order valence-corrected chi connectivity index (χ4v) is 3.30. The highest BCUT2D eigenvalue weighted by Gasteiger charge is 2.30. The number of nitrogens with two attached hydrogens (primary N) is 1. The van der Waals surface area contributed by atoms with Crippen LogP contribution < -0.4 is 10.6 Å². The van der Waals surface area contributed by atoms with Crippen LogP contribution in [0.2, 0.25) is 0 Å². The van der Waals surface area contributed by atoms with Crippen molar-refractivity contribution < 1.29 is 4.79 Å². The highest BCUT2D eigenvalue weighted by molar-refractivity contribution is 5.85. The van der Waals surface area contributed by atoms with Crippen LogP contribution in [0.3, 0.4) is 0 Å². The molecule has 0 radical (unpaired) electrons. The average Bonchev–Trinajstić information content (AvgIpc) is 3.01. The molecule has 22 heavy (non-hydrogen) atoms. The maximum atomic E-state index is 12.6. The Morgan fingerprint density at radius 3 is 2.59 bits per heavy atom. The molecular weight excluding hydrogens is 274 g/mol. The molecule has 1 atom stereocenters. The lowest BCUT2D eigenvalue weighted by Gasteiger charge is -2.30. The van der Waals surface area contributed by atoms with Gasteiger partial charge in [-0.25, -0.2) is 0 Å². The van der Waals surface area contributed by atoms with Crippen LogP contribution in [0.4, 0.5) is 5.69 Å². The van der Waals surface area contributed by atoms with E-state index in [2.05, 4.69) is 30.0 Å². The summed E-state index contributed by atoms with van der Waals surface area (Å²) >= 11 is 0. The van der Waals surface area contributed by atoms with E-state index in [0.29, 0.717) is 13.0 Å². The normalized spacial score (nSPS) is 17.4. The lowest BCUT2D eigenvalue weighted by atomic mass is 9.95. The molecule has 0 bridgehead atoms. The second-order valence-corrected chi connectivity index (χ2v) is 6.65. The molecule has 1 unspecified atom stereocenters. The Kier molecular flexibility index (Phi) is 5.46. The fourth-order valence-electron chi connectivity index (χ4n) is 3.30. The van der Waals surface area contributed by atoms with E-state index in [9.17, 15) is 4.79 Å². The Morgan fingerprint density at radius 1 is 1.32 bits per heavy atom. The van der Waals surface area contributed by atoms with Crippen molar-refractivity contribution in [2.45, 2.75) is 51.6 Å². The molecule has 1 aliphatic heterocycles. The summed E-state index contributed by atoms with van der Waals surface area (Å²) in [6.45, 7) is 6.73. The maximum Gasteiger partial charge on any atom is 0.242 e. The molecule has 0 spiro atoms. The van der Waals surface area contributed by atoms with Crippen LogP contribution >= 0.6 is 0 Å². The van der Waals surface area contributed by atoms with Gasteiger partial charge in [0.2, 0.25) is 5.91 Å². The Hall–Kier alpha value is -1.55. The summed E-state index contributed by atoms with van der Waals surface area (Å²) in [6.07, 6.45) is 4.13. The Labute approximate surface area is 134 Å². The van der Waals surface area contributed by atoms with Crippen molar-refractivity contribution in [2.24, 2.45) is 5.73 Å². The summed E-state index contributed by atoms with van der Waals surface area (Å²) in [5, 5.41) is 0. The lowest BCUT2D eigenvalue weighted by Crippen LogP contribution is -2.51. The summed E-state index contributed by atoms with van der Waals surface area (Å²) in [5.41, 5.74) is 7.87. The van der Waals surface area contributed by atoms with Crippen LogP contribution in [0.5, 0.6) is 0 Å². The minimum absolute atomic E-state index is 0.0191. The van der Waals surface area contributed by atoms with Gasteiger partial charge in [0, 0.05) is 32.4 Å². The molecule has 1 aromatic carbocycles. The van der Waals surface area contributed by atoms with Crippen molar-refractivity contribution in [3.05, 3.63) is 29.8 Å². The van der Waals surface area contributed by atoms with E-state index >= 15 is 0 Å². The predicted octanol–water partition coefficient (Wildman–Crippen LogP) is 2.76. The van der Waals surface area contributed by atoms with Crippen LogP contribution in [-0.2, 0) is 11.3 Å². The van der Waals surface area contributed by atoms with E-state index in [0.717, 1.165) is 19.5 Å². The zero-order valence-electron chi connectivity index (χ0n) is 14.1. The first-order valence-electron chi connectivity index (χ1n) is 8.33. The minimum atomic E-state index is -0.772. The molecule has 1 fully saturated rings. The average molecular weight is 303 g/mol. The van der Waals surface area contributed by atoms with E-state index in [4.69, 9.17) is 5.73 Å². The lowest BCUT2D eigenvalue weighted by molar-refractivity contribution is -0.135. The first kappa shape index (κ1) is 16.8. The van der Waals surface area contributed by atoms with Crippen LogP contribution in [0.15, 0.2) is 24.3 Å². The molecule has 2 N–H and O–H groups in total. The third kappa shape index (κ3) is 3.80. The maximum absolute atomic E-state index is 12.6. The SMILES string of the molecule is CCCC(C)(N)C(=O)N(C)Cc1ccccc1N1CCCC1. The summed E-state index contributed by atoms with van der Waals surface area (Å²) in [5.74, 6) is 0.0191. The van der Waals surface area contributed by atoms with E-state index in [1.165, 1.54) is 24.1 Å². The number of anilines is 1. The Bertz CT molecular complexity index is 507. The summed E-state index contributed by atoms with van der Waals surface area (Å²) in [4.78, 5) is 16.8. The third-order valence-electron chi connectivity index (χ3n) is 4.45. The second-order valence-electron chi connectivity index (χ2n) is 6.65. The van der Waals surface area contributed by atoms with E-state index in [-0.39, 0.29) is 5.91 Å². The summed E-state index contributed by atoms with van der Waals surface area (Å²) in [6, 6.07) is 8.39. The molecule has 4 heteroatoms. The quantitative estimate of drug-likeness (QED) is 0.879. The highest BCUT2D eigenvalue weighted by Crippen LogP contribution is 2.26. The van der Waals surface area contributed by atoms with E-state index < -0.39 is 5.54 Å². The Balaban J connectivity index is 2.11. The topological polar surface area (TPSA) is 49.6 Å². The number of rotatable bonds is 6. The number of para-hydroxylation sites is 1. The van der Waals surface area contributed by atoms with Gasteiger partial charge in [-0.2, -0.15) is 0 Å². The number of benzene rings is 1. The van der Waals surface area contributed by atoms with Crippen molar-refractivity contribution in [3.8, 4) is 0 Å². The molecular formula is C18H29N3O. The Morgan fingerprint density at radius 2 is 1.95 bits per heavy atom. The highest BCUT2D eigenvalue weighted by atomic mass is 16.2. The summed E-state index contributed by atoms with van der Waals surface area (Å²) in [7, 11) is 1.85. The fraction of sp³-hybridized carbons (Fsp3) is 0.611. The molecule has 1 heterocycles. The predicted molar refractivity (Wildman–Crippen MR) is 91.9 cm³/mol. The standard InChI is InChI=1S/C18H29N3O/c1-4-11-18(2,19)17(22)20(3)14-15-9-5-6-10-16(15)21-12-7-8-13-21/h5-6,9-10H,4,7-8,11-14,19H2,1-3H3. The number of amides is 1. The largest absolute Gasteiger partial charge is 0.371 e. The van der Waals surface area contributed by atoms with Crippen LogP contribution in [0, 0.1) is 0 Å². The van der Waals surface area contributed by atoms with Crippen molar-refractivity contribution in [3.63, 3.8) is 0 Å². The first-order valence-corrected chi connectivity index (χ1v) is 8.33. The van der Waals surface area contributed by atoms with Crippen molar-refractivity contribution in [1.82, 2.24) is 4.90 Å². The number of carbonyl (C=O) groups excluding carboxylic acids is 1. The molecule has 1 aromatic rings. The summed E-state index contributed by atoms with van der Waals surface area (Å²) < 4.78 is 0. The van der Waals surface area contributed by atoms with E-state index in [1.54, 1.807) is 4.90 Å². The van der Waals surface area contributed by atoms with Gasteiger partial charge in [-0.3, -0.25) is 4.79 Å². The van der Waals surface area contributed by atoms with Gasteiger partial charge < -0.3 is 15.5 Å². The van der Waals surface area contributed by atoms with Gasteiger partial charge in [0.25, 0.3) is 0 Å². The second kappa shape index (κ2) is 7.14. The molecule has 1 saturated heterocycles. The monoisotopic (exact) mass is 303 g/mol. The zero-order chi connectivity index (χ0) is 16.2. The van der Waals surface area contributed by atoms with Crippen molar-refractivity contribution in [2.75, 3.05) is 25.0 Å². The first-order chi connectivity index (χ1) is 10.5. The smallest absolute Gasteiger partial charge is 0.242 e. The number of likely N-dealkylation sites (N-methyl/N-ethyl adjacent to an activating group) is 1. The zero-order valence-corrected chi connectivity index (χ0v) is 14.1. The van der Waals surface area contributed by atoms with Crippen molar-refractivity contribution >= 4 is 11.6 Å². The third-order valence-corrected chi connectivity index (χ3v) is 4.45. The van der Waals surface area contributed by atoms with Crippen LogP contribution in [0.25, 0.3) is 0 Å². The molecule has 0 saturated carbocycles. The van der Waals surface area contributed by atoms with Gasteiger partial charge in [0.15, 0.2) is 0 Å². The number of carbonyl (C=O) groups is 1. The van der Waals surface area contributed by atoms with Crippen LogP contribution in [-0.4, -0.2) is 36.5 Å². The van der Waals surface area contributed by atoms with E-state index in [1.807, 2.05) is 20.0 Å². The van der Waals surface area contributed by atoms with Crippen LogP contribution in [0.1, 0.15) is 45.1 Å². The van der Waals surface area contributed by atoms with Gasteiger partial charge in [0.1, 0.15) is 0 Å². The number of hydrogen-bond acceptors (Lipinski definition) is 3. The molecule has 1 amide bonds. The van der Waals surface area contributed by atoms with Gasteiger partial charge in [-0.05, 0) is 37.8 Å². The van der Waals surface area contributed by atoms with Gasteiger partial charge in [0.05, 0.1) is 5.54 Å². The van der Waals surface area contributed by atoms with Gasteiger partial charge in [-0.1, -0.05) is 31.5 Å². The molecule has 122 valence electrons. The molecule has 0 aromatic heterocycles. The molecule has 4 nitrogen and oxygen atoms in total.